The fraction of sp³-hybridized carbons (Fsp3) is 0.435. The number of fused-ring (bicyclic) bond motifs is 3. The Kier molecular flexibility index (Phi) is 4.89. The Labute approximate surface area is 146 Å². The van der Waals surface area contributed by atoms with Crippen molar-refractivity contribution in [2.24, 2.45) is 11.8 Å². The molecule has 1 aliphatic carbocycles. The summed E-state index contributed by atoms with van der Waals surface area (Å²) in [6, 6.07) is 12.8. The van der Waals surface area contributed by atoms with E-state index in [2.05, 4.69) is 52.0 Å². The molecule has 2 aromatic rings. The Morgan fingerprint density at radius 1 is 0.667 bits per heavy atom. The lowest BCUT2D eigenvalue weighted by Gasteiger charge is -2.09. The average Bonchev–Trinajstić information content (AvgIpc) is 2.83. The van der Waals surface area contributed by atoms with E-state index in [0.717, 1.165) is 35.1 Å². The Balaban J connectivity index is 1.92. The van der Waals surface area contributed by atoms with Gasteiger partial charge in [0.1, 0.15) is 0 Å². The van der Waals surface area contributed by atoms with Crippen molar-refractivity contribution in [1.29, 1.82) is 0 Å². The van der Waals surface area contributed by atoms with Crippen molar-refractivity contribution in [3.8, 4) is 11.1 Å². The molecule has 24 heavy (non-hydrogen) atoms. The maximum Gasteiger partial charge on any atom is 0.194 e. The number of benzene rings is 2. The second-order valence-corrected chi connectivity index (χ2v) is 7.95. The Bertz CT molecular complexity index is 689. The maximum atomic E-state index is 12.6. The highest BCUT2D eigenvalue weighted by molar-refractivity contribution is 6.21. The smallest absolute Gasteiger partial charge is 0.194 e. The van der Waals surface area contributed by atoms with Gasteiger partial charge in [-0.1, -0.05) is 64.1 Å². The van der Waals surface area contributed by atoms with Crippen LogP contribution in [0.1, 0.15) is 67.6 Å². The number of aryl methyl sites for hydroxylation is 2. The number of rotatable bonds is 6. The van der Waals surface area contributed by atoms with Gasteiger partial charge in [0.2, 0.25) is 0 Å². The van der Waals surface area contributed by atoms with E-state index in [1.54, 1.807) is 0 Å². The van der Waals surface area contributed by atoms with Gasteiger partial charge >= 0.3 is 0 Å². The van der Waals surface area contributed by atoms with Crippen molar-refractivity contribution >= 4 is 5.78 Å². The molecule has 0 heterocycles. The van der Waals surface area contributed by atoms with E-state index >= 15 is 0 Å². The summed E-state index contributed by atoms with van der Waals surface area (Å²) in [5, 5.41) is 0. The molecule has 1 nitrogen and oxygen atoms in total. The molecule has 0 saturated carbocycles. The fourth-order valence-electron chi connectivity index (χ4n) is 3.39. The SMILES string of the molecule is CC(C)CCc1ccc2c(c1)-c1cc(CCC(C)C)ccc1C2=O. The van der Waals surface area contributed by atoms with Crippen LogP contribution in [0.3, 0.4) is 0 Å². The van der Waals surface area contributed by atoms with Gasteiger partial charge in [-0.15, -0.1) is 0 Å². The summed E-state index contributed by atoms with van der Waals surface area (Å²) in [5.74, 6) is 1.59. The van der Waals surface area contributed by atoms with Crippen LogP contribution in [0.25, 0.3) is 11.1 Å². The third-order valence-electron chi connectivity index (χ3n) is 4.97. The standard InChI is InChI=1S/C23H28O/c1-15(2)5-7-17-9-11-19-21(13-17)22-14-18(8-6-16(3)4)10-12-20(22)23(19)24/h9-16H,5-8H2,1-4H3. The van der Waals surface area contributed by atoms with Gasteiger partial charge < -0.3 is 0 Å². The van der Waals surface area contributed by atoms with E-state index in [0.29, 0.717) is 11.8 Å². The number of carbonyl (C=O) groups is 1. The van der Waals surface area contributed by atoms with Crippen LogP contribution in [0.2, 0.25) is 0 Å². The maximum absolute atomic E-state index is 12.6. The van der Waals surface area contributed by atoms with Crippen LogP contribution in [-0.4, -0.2) is 5.78 Å². The zero-order valence-corrected chi connectivity index (χ0v) is 15.4. The number of hydrogen-bond acceptors (Lipinski definition) is 1. The molecule has 0 spiro atoms. The first kappa shape index (κ1) is 17.0. The molecule has 126 valence electrons. The van der Waals surface area contributed by atoms with Gasteiger partial charge in [0, 0.05) is 11.1 Å². The monoisotopic (exact) mass is 320 g/mol. The molecule has 0 aliphatic heterocycles. The largest absolute Gasteiger partial charge is 0.289 e. The van der Waals surface area contributed by atoms with Gasteiger partial charge in [-0.05, 0) is 59.8 Å². The van der Waals surface area contributed by atoms with E-state index in [-0.39, 0.29) is 5.78 Å². The quantitative estimate of drug-likeness (QED) is 0.538. The van der Waals surface area contributed by atoms with Crippen LogP contribution in [-0.2, 0) is 12.8 Å². The summed E-state index contributed by atoms with van der Waals surface area (Å²) in [4.78, 5) is 12.6. The molecule has 3 rings (SSSR count). The Morgan fingerprint density at radius 3 is 1.46 bits per heavy atom. The van der Waals surface area contributed by atoms with Gasteiger partial charge in [-0.2, -0.15) is 0 Å². The van der Waals surface area contributed by atoms with Crippen molar-refractivity contribution in [3.63, 3.8) is 0 Å². The highest BCUT2D eigenvalue weighted by atomic mass is 16.1. The normalized spacial score (nSPS) is 12.8. The predicted octanol–water partition coefficient (Wildman–Crippen LogP) is 6.08. The lowest BCUT2D eigenvalue weighted by molar-refractivity contribution is 0.104. The van der Waals surface area contributed by atoms with Gasteiger partial charge in [0.15, 0.2) is 5.78 Å². The minimum absolute atomic E-state index is 0.186. The molecule has 0 fully saturated rings. The molecule has 0 radical (unpaired) electrons. The van der Waals surface area contributed by atoms with Crippen LogP contribution in [0.4, 0.5) is 0 Å². The first-order valence-electron chi connectivity index (χ1n) is 9.26. The van der Waals surface area contributed by atoms with Crippen molar-refractivity contribution in [2.75, 3.05) is 0 Å². The topological polar surface area (TPSA) is 17.1 Å². The van der Waals surface area contributed by atoms with E-state index < -0.39 is 0 Å². The van der Waals surface area contributed by atoms with E-state index in [9.17, 15) is 4.79 Å². The van der Waals surface area contributed by atoms with Gasteiger partial charge in [0.05, 0.1) is 0 Å². The molecule has 0 unspecified atom stereocenters. The molecular weight excluding hydrogens is 292 g/mol. The highest BCUT2D eigenvalue weighted by Gasteiger charge is 2.26. The lowest BCUT2D eigenvalue weighted by Crippen LogP contribution is -1.97. The molecule has 0 aromatic heterocycles. The number of ketones is 1. The van der Waals surface area contributed by atoms with Crippen LogP contribution < -0.4 is 0 Å². The minimum Gasteiger partial charge on any atom is -0.289 e. The summed E-state index contributed by atoms with van der Waals surface area (Å²) in [6.45, 7) is 9.03. The van der Waals surface area contributed by atoms with Gasteiger partial charge in [0.25, 0.3) is 0 Å². The fourth-order valence-corrected chi connectivity index (χ4v) is 3.39. The molecule has 0 bridgehead atoms. The molecule has 1 heteroatoms. The average molecular weight is 320 g/mol. The first-order chi connectivity index (χ1) is 11.5. The molecular formula is C23H28O. The second-order valence-electron chi connectivity index (χ2n) is 7.95. The van der Waals surface area contributed by atoms with E-state index in [1.165, 1.54) is 24.0 Å². The summed E-state index contributed by atoms with van der Waals surface area (Å²) in [7, 11) is 0. The third-order valence-corrected chi connectivity index (χ3v) is 4.97. The summed E-state index contributed by atoms with van der Waals surface area (Å²) in [5.41, 5.74) is 6.72. The summed E-state index contributed by atoms with van der Waals surface area (Å²) >= 11 is 0. The first-order valence-corrected chi connectivity index (χ1v) is 9.26. The number of carbonyl (C=O) groups excluding carboxylic acids is 1. The third kappa shape index (κ3) is 3.45. The molecule has 2 aromatic carbocycles. The highest BCUT2D eigenvalue weighted by Crippen LogP contribution is 2.38. The molecule has 0 atom stereocenters. The van der Waals surface area contributed by atoms with Gasteiger partial charge in [-0.25, -0.2) is 0 Å². The molecule has 0 N–H and O–H groups in total. The lowest BCUT2D eigenvalue weighted by atomic mass is 9.96. The van der Waals surface area contributed by atoms with Crippen LogP contribution in [0.5, 0.6) is 0 Å². The van der Waals surface area contributed by atoms with E-state index in [4.69, 9.17) is 0 Å². The zero-order valence-electron chi connectivity index (χ0n) is 15.4. The van der Waals surface area contributed by atoms with Crippen LogP contribution in [0.15, 0.2) is 36.4 Å². The second kappa shape index (κ2) is 6.93. The predicted molar refractivity (Wildman–Crippen MR) is 102 cm³/mol. The minimum atomic E-state index is 0.186. The van der Waals surface area contributed by atoms with Crippen LogP contribution >= 0.6 is 0 Å². The number of hydrogen-bond donors (Lipinski definition) is 0. The van der Waals surface area contributed by atoms with Crippen molar-refractivity contribution in [1.82, 2.24) is 0 Å². The van der Waals surface area contributed by atoms with Gasteiger partial charge in [-0.3, -0.25) is 4.79 Å². The zero-order chi connectivity index (χ0) is 17.3. The summed E-state index contributed by atoms with van der Waals surface area (Å²) in [6.07, 6.45) is 4.55. The van der Waals surface area contributed by atoms with E-state index in [1.807, 2.05) is 12.1 Å². The summed E-state index contributed by atoms with van der Waals surface area (Å²) < 4.78 is 0. The Hall–Kier alpha value is -1.89. The van der Waals surface area contributed by atoms with Crippen LogP contribution in [0, 0.1) is 11.8 Å². The molecule has 0 amide bonds. The van der Waals surface area contributed by atoms with Crippen molar-refractivity contribution in [2.45, 2.75) is 53.4 Å². The Morgan fingerprint density at radius 2 is 1.08 bits per heavy atom. The molecule has 1 aliphatic rings. The van der Waals surface area contributed by atoms with Crippen molar-refractivity contribution < 1.29 is 4.79 Å². The molecule has 0 saturated heterocycles. The van der Waals surface area contributed by atoms with Crippen molar-refractivity contribution in [3.05, 3.63) is 58.7 Å².